The number of amides is 1. The van der Waals surface area contributed by atoms with Crippen LogP contribution in [0.25, 0.3) is 0 Å². The van der Waals surface area contributed by atoms with E-state index in [4.69, 9.17) is 5.73 Å². The number of nitrogens with two attached hydrogens (primary N) is 1. The van der Waals surface area contributed by atoms with Crippen molar-refractivity contribution < 1.29 is 4.79 Å². The maximum Gasteiger partial charge on any atom is 0.257 e. The van der Waals surface area contributed by atoms with Crippen LogP contribution in [0.15, 0.2) is 18.3 Å². The Balaban J connectivity index is 2.03. The first kappa shape index (κ1) is 12.1. The number of hydrogen-bond donors (Lipinski definition) is 3. The van der Waals surface area contributed by atoms with Crippen molar-refractivity contribution in [1.29, 1.82) is 0 Å². The molecule has 2 aromatic rings. The zero-order valence-corrected chi connectivity index (χ0v) is 10.3. The smallest absolute Gasteiger partial charge is 0.257 e. The summed E-state index contributed by atoms with van der Waals surface area (Å²) in [5.41, 5.74) is 8.56. The van der Waals surface area contributed by atoms with Gasteiger partial charge in [-0.3, -0.25) is 14.9 Å². The van der Waals surface area contributed by atoms with Gasteiger partial charge in [0.15, 0.2) is 5.82 Å². The molecule has 2 rings (SSSR count). The second-order valence-corrected chi connectivity index (χ2v) is 4.10. The van der Waals surface area contributed by atoms with Gasteiger partial charge in [-0.1, -0.05) is 6.07 Å². The average molecular weight is 245 g/mol. The van der Waals surface area contributed by atoms with Gasteiger partial charge in [-0.2, -0.15) is 5.10 Å². The quantitative estimate of drug-likeness (QED) is 0.749. The first-order valence-corrected chi connectivity index (χ1v) is 5.58. The summed E-state index contributed by atoms with van der Waals surface area (Å²) >= 11 is 0. The van der Waals surface area contributed by atoms with Crippen LogP contribution < -0.4 is 11.1 Å². The van der Waals surface area contributed by atoms with Gasteiger partial charge in [-0.15, -0.1) is 0 Å². The van der Waals surface area contributed by atoms with Gasteiger partial charge in [-0.05, 0) is 25.5 Å². The number of H-pyrrole nitrogens is 1. The van der Waals surface area contributed by atoms with E-state index in [1.165, 1.54) is 0 Å². The van der Waals surface area contributed by atoms with Crippen molar-refractivity contribution in [2.24, 2.45) is 0 Å². The number of carbonyl (C=O) groups excluding carboxylic acids is 1. The molecule has 0 atom stereocenters. The lowest BCUT2D eigenvalue weighted by molar-refractivity contribution is 0.0951. The molecule has 0 aliphatic rings. The molecule has 0 unspecified atom stereocenters. The van der Waals surface area contributed by atoms with Gasteiger partial charge in [0, 0.05) is 24.1 Å². The summed E-state index contributed by atoms with van der Waals surface area (Å²) in [5, 5.41) is 9.24. The van der Waals surface area contributed by atoms with E-state index in [2.05, 4.69) is 20.5 Å². The van der Waals surface area contributed by atoms with Crippen LogP contribution in [-0.4, -0.2) is 21.1 Å². The Bertz CT molecular complexity index is 539. The summed E-state index contributed by atoms with van der Waals surface area (Å²) in [6.45, 7) is 4.08. The normalized spacial score (nSPS) is 10.3. The van der Waals surface area contributed by atoms with Crippen LogP contribution in [0.1, 0.15) is 27.3 Å². The standard InChI is InChI=1S/C12H15N5O/c1-7-3-4-9(5-14-7)6-15-12(18)10-8(2)16-17-11(10)13/h3-5H,6H2,1-2H3,(H,15,18)(H3,13,16,17). The molecule has 0 aliphatic heterocycles. The zero-order valence-electron chi connectivity index (χ0n) is 10.3. The number of nitrogen functional groups attached to an aromatic ring is 1. The number of anilines is 1. The van der Waals surface area contributed by atoms with Gasteiger partial charge in [0.05, 0.1) is 0 Å². The molecule has 4 N–H and O–H groups in total. The van der Waals surface area contributed by atoms with Gasteiger partial charge in [-0.25, -0.2) is 0 Å². The lowest BCUT2D eigenvalue weighted by Crippen LogP contribution is -2.24. The van der Waals surface area contributed by atoms with Crippen LogP contribution in [0.3, 0.4) is 0 Å². The average Bonchev–Trinajstić information content (AvgIpc) is 2.68. The second-order valence-electron chi connectivity index (χ2n) is 4.10. The van der Waals surface area contributed by atoms with E-state index in [0.29, 0.717) is 17.8 Å². The molecule has 94 valence electrons. The maximum absolute atomic E-state index is 11.9. The fraction of sp³-hybridized carbons (Fsp3) is 0.250. The van der Waals surface area contributed by atoms with E-state index in [1.807, 2.05) is 19.1 Å². The topological polar surface area (TPSA) is 96.7 Å². The number of rotatable bonds is 3. The summed E-state index contributed by atoms with van der Waals surface area (Å²) in [5.74, 6) is -0.0219. The van der Waals surface area contributed by atoms with Crippen LogP contribution >= 0.6 is 0 Å². The van der Waals surface area contributed by atoms with Crippen LogP contribution in [0.5, 0.6) is 0 Å². The maximum atomic E-state index is 11.9. The van der Waals surface area contributed by atoms with E-state index >= 15 is 0 Å². The van der Waals surface area contributed by atoms with Crippen molar-refractivity contribution in [3.8, 4) is 0 Å². The molecule has 0 saturated carbocycles. The molecule has 6 nitrogen and oxygen atoms in total. The molecule has 0 spiro atoms. The van der Waals surface area contributed by atoms with Gasteiger partial charge < -0.3 is 11.1 Å². The van der Waals surface area contributed by atoms with Gasteiger partial charge in [0.2, 0.25) is 0 Å². The number of aromatic nitrogens is 3. The molecule has 18 heavy (non-hydrogen) atoms. The molecule has 2 aromatic heterocycles. The largest absolute Gasteiger partial charge is 0.382 e. The molecule has 6 heteroatoms. The highest BCUT2D eigenvalue weighted by atomic mass is 16.1. The third-order valence-corrected chi connectivity index (χ3v) is 2.63. The van der Waals surface area contributed by atoms with E-state index < -0.39 is 0 Å². The van der Waals surface area contributed by atoms with Crippen LogP contribution in [0.4, 0.5) is 5.82 Å². The summed E-state index contributed by atoms with van der Waals surface area (Å²) in [7, 11) is 0. The van der Waals surface area contributed by atoms with Gasteiger partial charge in [0.25, 0.3) is 5.91 Å². The number of nitrogens with one attached hydrogen (secondary N) is 2. The number of aromatic amines is 1. The molecule has 1 amide bonds. The zero-order chi connectivity index (χ0) is 13.1. The molecule has 2 heterocycles. The summed E-state index contributed by atoms with van der Waals surface area (Å²) in [4.78, 5) is 16.1. The number of nitrogens with zero attached hydrogens (tertiary/aromatic N) is 2. The Hall–Kier alpha value is -2.37. The van der Waals surface area contributed by atoms with Gasteiger partial charge in [0.1, 0.15) is 5.56 Å². The third kappa shape index (κ3) is 2.48. The van der Waals surface area contributed by atoms with Crippen molar-refractivity contribution in [3.05, 3.63) is 40.8 Å². The van der Waals surface area contributed by atoms with Crippen molar-refractivity contribution in [1.82, 2.24) is 20.5 Å². The molecule has 0 aliphatic carbocycles. The molecule has 0 fully saturated rings. The van der Waals surface area contributed by atoms with E-state index in [1.54, 1.807) is 13.1 Å². The minimum Gasteiger partial charge on any atom is -0.382 e. The van der Waals surface area contributed by atoms with Crippen molar-refractivity contribution in [2.45, 2.75) is 20.4 Å². The summed E-state index contributed by atoms with van der Waals surface area (Å²) in [6, 6.07) is 3.83. The first-order valence-electron chi connectivity index (χ1n) is 5.58. The minimum atomic E-state index is -0.237. The van der Waals surface area contributed by atoms with Gasteiger partial charge >= 0.3 is 0 Å². The van der Waals surface area contributed by atoms with Crippen molar-refractivity contribution in [3.63, 3.8) is 0 Å². The Morgan fingerprint density at radius 2 is 2.22 bits per heavy atom. The highest BCUT2D eigenvalue weighted by Crippen LogP contribution is 2.11. The lowest BCUT2D eigenvalue weighted by Gasteiger charge is -2.05. The Morgan fingerprint density at radius 3 is 2.78 bits per heavy atom. The molecular formula is C12H15N5O. The Labute approximate surface area is 105 Å². The molecule has 0 radical (unpaired) electrons. The third-order valence-electron chi connectivity index (χ3n) is 2.63. The Morgan fingerprint density at radius 1 is 1.44 bits per heavy atom. The first-order chi connectivity index (χ1) is 8.58. The minimum absolute atomic E-state index is 0.215. The molecule has 0 bridgehead atoms. The molecule has 0 aromatic carbocycles. The SMILES string of the molecule is Cc1ccc(CNC(=O)c2c(N)n[nH]c2C)cn1. The second kappa shape index (κ2) is 4.87. The predicted octanol–water partition coefficient (Wildman–Crippen LogP) is 0.934. The lowest BCUT2D eigenvalue weighted by atomic mass is 10.2. The fourth-order valence-electron chi connectivity index (χ4n) is 1.61. The van der Waals surface area contributed by atoms with E-state index in [-0.39, 0.29) is 11.7 Å². The monoisotopic (exact) mass is 245 g/mol. The number of hydrogen-bond acceptors (Lipinski definition) is 4. The molecular weight excluding hydrogens is 230 g/mol. The fourth-order valence-corrected chi connectivity index (χ4v) is 1.61. The number of pyridine rings is 1. The highest BCUT2D eigenvalue weighted by Gasteiger charge is 2.15. The van der Waals surface area contributed by atoms with Crippen LogP contribution in [-0.2, 0) is 6.54 Å². The van der Waals surface area contributed by atoms with E-state index in [0.717, 1.165) is 11.3 Å². The highest BCUT2D eigenvalue weighted by molar-refractivity contribution is 5.99. The summed E-state index contributed by atoms with van der Waals surface area (Å²) < 4.78 is 0. The van der Waals surface area contributed by atoms with E-state index in [9.17, 15) is 4.79 Å². The van der Waals surface area contributed by atoms with Crippen molar-refractivity contribution in [2.75, 3.05) is 5.73 Å². The van der Waals surface area contributed by atoms with Crippen molar-refractivity contribution >= 4 is 11.7 Å². The number of aryl methyl sites for hydroxylation is 2. The number of carbonyl (C=O) groups is 1. The Kier molecular flexibility index (Phi) is 3.27. The summed E-state index contributed by atoms with van der Waals surface area (Å²) in [6.07, 6.45) is 1.74. The van der Waals surface area contributed by atoms with Crippen LogP contribution in [0.2, 0.25) is 0 Å². The van der Waals surface area contributed by atoms with Crippen LogP contribution in [0, 0.1) is 13.8 Å². The molecule has 0 saturated heterocycles. The predicted molar refractivity (Wildman–Crippen MR) is 67.9 cm³/mol.